The molecule has 0 spiro atoms. The summed E-state index contributed by atoms with van der Waals surface area (Å²) in [7, 11) is 0. The lowest BCUT2D eigenvalue weighted by molar-refractivity contribution is 0.748. The maximum atomic E-state index is 5.69. The first-order valence-corrected chi connectivity index (χ1v) is 9.08. The average molecular weight is 321 g/mol. The van der Waals surface area contributed by atoms with Gasteiger partial charge in [-0.25, -0.2) is 0 Å². The first-order chi connectivity index (χ1) is 11.8. The van der Waals surface area contributed by atoms with Crippen molar-refractivity contribution in [3.63, 3.8) is 0 Å². The monoisotopic (exact) mass is 321 g/mol. The number of aromatic nitrogens is 2. The van der Waals surface area contributed by atoms with Crippen LogP contribution in [0.15, 0.2) is 42.7 Å². The quantitative estimate of drug-likeness (QED) is 0.582. The van der Waals surface area contributed by atoms with Crippen LogP contribution in [-0.4, -0.2) is 16.5 Å². The highest BCUT2D eigenvalue weighted by atomic mass is 14.7. The topological polar surface area (TPSA) is 54.7 Å². The summed E-state index contributed by atoms with van der Waals surface area (Å²) in [6.45, 7) is 3.00. The minimum absolute atomic E-state index is 0.759. The predicted octanol–water partition coefficient (Wildman–Crippen LogP) is 4.85. The second-order valence-corrected chi connectivity index (χ2v) is 6.40. The summed E-state index contributed by atoms with van der Waals surface area (Å²) in [6, 6.07) is 10.9. The molecular formula is C21H27N3. The Morgan fingerprint density at radius 3 is 2.58 bits per heavy atom. The van der Waals surface area contributed by atoms with Crippen LogP contribution in [0.4, 0.5) is 0 Å². The Labute approximate surface area is 144 Å². The lowest BCUT2D eigenvalue weighted by Crippen LogP contribution is -1.99. The Balaban J connectivity index is 2.08. The molecule has 0 radical (unpaired) electrons. The minimum Gasteiger partial charge on any atom is -0.354 e. The number of aromatic amines is 1. The number of nitrogens with two attached hydrogens (primary N) is 1. The van der Waals surface area contributed by atoms with Gasteiger partial charge in [-0.3, -0.25) is 4.98 Å². The SMILES string of the molecule is CCCCc1cccc2c(CCCCN)c(-c3ccncc3)[nH]c12. The second-order valence-electron chi connectivity index (χ2n) is 6.40. The van der Waals surface area contributed by atoms with Crippen LogP contribution < -0.4 is 5.73 Å². The first kappa shape index (κ1) is 16.7. The molecular weight excluding hydrogens is 294 g/mol. The molecule has 126 valence electrons. The zero-order valence-electron chi connectivity index (χ0n) is 14.5. The summed E-state index contributed by atoms with van der Waals surface area (Å²) in [6.07, 6.45) is 10.6. The summed E-state index contributed by atoms with van der Waals surface area (Å²) in [4.78, 5) is 7.88. The van der Waals surface area contributed by atoms with Gasteiger partial charge in [0.2, 0.25) is 0 Å². The van der Waals surface area contributed by atoms with E-state index in [2.05, 4.69) is 47.2 Å². The molecule has 0 saturated carbocycles. The van der Waals surface area contributed by atoms with Crippen molar-refractivity contribution in [2.24, 2.45) is 5.73 Å². The van der Waals surface area contributed by atoms with Gasteiger partial charge >= 0.3 is 0 Å². The van der Waals surface area contributed by atoms with Crippen LogP contribution in [0, 0.1) is 0 Å². The molecule has 3 nitrogen and oxygen atoms in total. The van der Waals surface area contributed by atoms with Crippen LogP contribution in [0.3, 0.4) is 0 Å². The molecule has 3 N–H and O–H groups in total. The van der Waals surface area contributed by atoms with Gasteiger partial charge in [0.1, 0.15) is 0 Å². The normalized spacial score (nSPS) is 11.2. The number of pyridine rings is 1. The summed E-state index contributed by atoms with van der Waals surface area (Å²) >= 11 is 0. The molecule has 0 saturated heterocycles. The Hall–Kier alpha value is -2.13. The molecule has 24 heavy (non-hydrogen) atoms. The summed E-state index contributed by atoms with van der Waals surface area (Å²) in [5.74, 6) is 0. The van der Waals surface area contributed by atoms with E-state index in [0.29, 0.717) is 0 Å². The predicted molar refractivity (Wildman–Crippen MR) is 102 cm³/mol. The minimum atomic E-state index is 0.759. The number of aryl methyl sites for hydroxylation is 2. The third-order valence-electron chi connectivity index (χ3n) is 4.68. The zero-order chi connectivity index (χ0) is 16.8. The molecule has 0 aliphatic heterocycles. The number of para-hydroxylation sites is 1. The van der Waals surface area contributed by atoms with Crippen LogP contribution in [0.5, 0.6) is 0 Å². The summed E-state index contributed by atoms with van der Waals surface area (Å²) < 4.78 is 0. The van der Waals surface area contributed by atoms with Gasteiger partial charge in [0.15, 0.2) is 0 Å². The number of H-pyrrole nitrogens is 1. The van der Waals surface area contributed by atoms with Crippen LogP contribution >= 0.6 is 0 Å². The van der Waals surface area contributed by atoms with Gasteiger partial charge in [0, 0.05) is 34.6 Å². The van der Waals surface area contributed by atoms with Crippen molar-refractivity contribution in [2.75, 3.05) is 6.54 Å². The summed E-state index contributed by atoms with van der Waals surface area (Å²) in [5, 5.41) is 1.37. The lowest BCUT2D eigenvalue weighted by atomic mass is 9.99. The second kappa shape index (κ2) is 8.11. The van der Waals surface area contributed by atoms with E-state index in [-0.39, 0.29) is 0 Å². The summed E-state index contributed by atoms with van der Waals surface area (Å²) in [5.41, 5.74) is 12.3. The molecule has 1 aromatic carbocycles. The van der Waals surface area contributed by atoms with E-state index in [4.69, 9.17) is 5.73 Å². The zero-order valence-corrected chi connectivity index (χ0v) is 14.5. The number of fused-ring (bicyclic) bond motifs is 1. The van der Waals surface area contributed by atoms with E-state index in [0.717, 1.165) is 32.2 Å². The lowest BCUT2D eigenvalue weighted by Gasteiger charge is -2.05. The molecule has 3 rings (SSSR count). The van der Waals surface area contributed by atoms with E-state index in [1.54, 1.807) is 0 Å². The maximum absolute atomic E-state index is 5.69. The Bertz CT molecular complexity index is 774. The van der Waals surface area contributed by atoms with E-state index in [1.165, 1.54) is 46.1 Å². The Kier molecular flexibility index (Phi) is 5.65. The fraction of sp³-hybridized carbons (Fsp3) is 0.381. The third kappa shape index (κ3) is 3.51. The first-order valence-electron chi connectivity index (χ1n) is 9.08. The number of nitrogens with zero attached hydrogens (tertiary/aromatic N) is 1. The fourth-order valence-corrected chi connectivity index (χ4v) is 3.38. The number of unbranched alkanes of at least 4 members (excludes halogenated alkanes) is 2. The molecule has 2 heterocycles. The molecule has 3 heteroatoms. The fourth-order valence-electron chi connectivity index (χ4n) is 3.38. The number of nitrogens with one attached hydrogen (secondary N) is 1. The molecule has 0 unspecified atom stereocenters. The van der Waals surface area contributed by atoms with Gasteiger partial charge in [-0.15, -0.1) is 0 Å². The number of hydrogen-bond acceptors (Lipinski definition) is 2. The number of rotatable bonds is 8. The molecule has 0 amide bonds. The Morgan fingerprint density at radius 2 is 1.83 bits per heavy atom. The van der Waals surface area contributed by atoms with Gasteiger partial charge in [-0.1, -0.05) is 31.5 Å². The molecule has 0 aliphatic carbocycles. The van der Waals surface area contributed by atoms with Crippen molar-refractivity contribution in [2.45, 2.75) is 45.4 Å². The van der Waals surface area contributed by atoms with E-state index in [9.17, 15) is 0 Å². The van der Waals surface area contributed by atoms with Gasteiger partial charge in [0.05, 0.1) is 0 Å². The number of benzene rings is 1. The molecule has 0 bridgehead atoms. The largest absolute Gasteiger partial charge is 0.354 e. The highest BCUT2D eigenvalue weighted by molar-refractivity contribution is 5.92. The molecule has 2 aromatic heterocycles. The standard InChI is InChI=1S/C21H27N3/c1-2-3-7-16-8-6-10-19-18(9-4-5-13-22)21(24-20(16)19)17-11-14-23-15-12-17/h6,8,10-12,14-15,24H,2-5,7,9,13,22H2,1H3. The van der Waals surface area contributed by atoms with Crippen LogP contribution in [0.2, 0.25) is 0 Å². The van der Waals surface area contributed by atoms with Crippen molar-refractivity contribution < 1.29 is 0 Å². The smallest absolute Gasteiger partial charge is 0.0498 e. The molecule has 0 aliphatic rings. The average Bonchev–Trinajstić information content (AvgIpc) is 3.00. The van der Waals surface area contributed by atoms with Crippen LogP contribution in [0.25, 0.3) is 22.2 Å². The molecule has 0 fully saturated rings. The molecule has 3 aromatic rings. The van der Waals surface area contributed by atoms with Crippen LogP contribution in [0.1, 0.15) is 43.7 Å². The van der Waals surface area contributed by atoms with Gasteiger partial charge in [0.25, 0.3) is 0 Å². The molecule has 0 atom stereocenters. The number of hydrogen-bond donors (Lipinski definition) is 2. The van der Waals surface area contributed by atoms with E-state index in [1.807, 2.05) is 12.4 Å². The highest BCUT2D eigenvalue weighted by Crippen LogP contribution is 2.33. The third-order valence-corrected chi connectivity index (χ3v) is 4.68. The van der Waals surface area contributed by atoms with E-state index >= 15 is 0 Å². The maximum Gasteiger partial charge on any atom is 0.0498 e. The van der Waals surface area contributed by atoms with Gasteiger partial charge in [-0.05, 0) is 61.9 Å². The van der Waals surface area contributed by atoms with Gasteiger partial charge in [-0.2, -0.15) is 0 Å². The Morgan fingerprint density at radius 1 is 1.00 bits per heavy atom. The van der Waals surface area contributed by atoms with Crippen molar-refractivity contribution >= 4 is 10.9 Å². The van der Waals surface area contributed by atoms with Gasteiger partial charge < -0.3 is 10.7 Å². The van der Waals surface area contributed by atoms with Crippen molar-refractivity contribution in [3.05, 3.63) is 53.9 Å². The highest BCUT2D eigenvalue weighted by Gasteiger charge is 2.14. The van der Waals surface area contributed by atoms with Crippen molar-refractivity contribution in [1.29, 1.82) is 0 Å². The van der Waals surface area contributed by atoms with Crippen LogP contribution in [-0.2, 0) is 12.8 Å². The van der Waals surface area contributed by atoms with Crippen molar-refractivity contribution in [3.8, 4) is 11.3 Å². The van der Waals surface area contributed by atoms with E-state index < -0.39 is 0 Å². The van der Waals surface area contributed by atoms with Crippen molar-refractivity contribution in [1.82, 2.24) is 9.97 Å².